The van der Waals surface area contributed by atoms with Gasteiger partial charge in [-0.25, -0.2) is 4.68 Å². The molecule has 148 valence electrons. The van der Waals surface area contributed by atoms with E-state index in [9.17, 15) is 9.59 Å². The molecule has 0 spiro atoms. The standard InChI is InChI=1S/C19H18N6O3S/c1-2-9-24(11-16-21-22-18(28-16)15-8-5-10-29-15)17(26)12-25-19(27)13-6-3-4-7-14(13)20-23-25/h3-8,10H,2,9,11-12H2,1H3. The summed E-state index contributed by atoms with van der Waals surface area (Å²) in [5.41, 5.74) is 0.150. The molecule has 0 aliphatic carbocycles. The van der Waals surface area contributed by atoms with E-state index in [1.54, 1.807) is 29.2 Å². The van der Waals surface area contributed by atoms with Gasteiger partial charge in [-0.15, -0.1) is 26.6 Å². The highest BCUT2D eigenvalue weighted by Gasteiger charge is 2.19. The Morgan fingerprint density at radius 3 is 2.83 bits per heavy atom. The Hall–Kier alpha value is -3.40. The van der Waals surface area contributed by atoms with Crippen LogP contribution in [0.5, 0.6) is 0 Å². The number of fused-ring (bicyclic) bond motifs is 1. The van der Waals surface area contributed by atoms with E-state index in [1.165, 1.54) is 11.3 Å². The first kappa shape index (κ1) is 18.9. The maximum Gasteiger partial charge on any atom is 0.278 e. The highest BCUT2D eigenvalue weighted by molar-refractivity contribution is 7.13. The third-order valence-electron chi connectivity index (χ3n) is 4.29. The van der Waals surface area contributed by atoms with E-state index < -0.39 is 0 Å². The molecular weight excluding hydrogens is 392 g/mol. The van der Waals surface area contributed by atoms with Crippen LogP contribution in [0.25, 0.3) is 21.7 Å². The first-order chi connectivity index (χ1) is 14.2. The number of hydrogen-bond acceptors (Lipinski definition) is 8. The van der Waals surface area contributed by atoms with Crippen LogP contribution in [0, 0.1) is 0 Å². The fraction of sp³-hybridized carbons (Fsp3) is 0.263. The van der Waals surface area contributed by atoms with Gasteiger partial charge in [0.2, 0.25) is 11.8 Å². The summed E-state index contributed by atoms with van der Waals surface area (Å²) in [5.74, 6) is 0.497. The van der Waals surface area contributed by atoms with Crippen LogP contribution in [0.1, 0.15) is 19.2 Å². The number of rotatable bonds is 7. The lowest BCUT2D eigenvalue weighted by molar-refractivity contribution is -0.133. The van der Waals surface area contributed by atoms with E-state index in [4.69, 9.17) is 4.42 Å². The molecule has 3 heterocycles. The fourth-order valence-electron chi connectivity index (χ4n) is 2.90. The Balaban J connectivity index is 1.52. The molecule has 0 saturated heterocycles. The molecule has 1 amide bonds. The second kappa shape index (κ2) is 8.31. The third-order valence-corrected chi connectivity index (χ3v) is 5.14. The van der Waals surface area contributed by atoms with Crippen molar-refractivity contribution >= 4 is 28.1 Å². The summed E-state index contributed by atoms with van der Waals surface area (Å²) in [6.07, 6.45) is 0.746. The number of carbonyl (C=O) groups is 1. The van der Waals surface area contributed by atoms with Crippen molar-refractivity contribution in [3.63, 3.8) is 0 Å². The van der Waals surface area contributed by atoms with E-state index in [1.807, 2.05) is 24.4 Å². The SMILES string of the molecule is CCCN(Cc1nnc(-c2cccs2)o1)C(=O)Cn1nnc2ccccc2c1=O. The Labute approximate surface area is 169 Å². The van der Waals surface area contributed by atoms with Crippen molar-refractivity contribution in [2.45, 2.75) is 26.4 Å². The maximum atomic E-state index is 12.8. The van der Waals surface area contributed by atoms with Gasteiger partial charge in [-0.3, -0.25) is 9.59 Å². The van der Waals surface area contributed by atoms with Crippen LogP contribution >= 0.6 is 11.3 Å². The molecule has 4 aromatic rings. The summed E-state index contributed by atoms with van der Waals surface area (Å²) in [7, 11) is 0. The zero-order valence-electron chi connectivity index (χ0n) is 15.7. The van der Waals surface area contributed by atoms with Gasteiger partial charge in [-0.1, -0.05) is 30.3 Å². The lowest BCUT2D eigenvalue weighted by atomic mass is 10.2. The molecule has 3 aromatic heterocycles. The highest BCUT2D eigenvalue weighted by Crippen LogP contribution is 2.23. The Bertz CT molecular complexity index is 1180. The molecule has 0 bridgehead atoms. The largest absolute Gasteiger partial charge is 0.418 e. The van der Waals surface area contributed by atoms with Crippen molar-refractivity contribution in [2.24, 2.45) is 0 Å². The summed E-state index contributed by atoms with van der Waals surface area (Å²) in [5, 5.41) is 18.3. The number of benzene rings is 1. The molecule has 0 radical (unpaired) electrons. The van der Waals surface area contributed by atoms with Crippen molar-refractivity contribution < 1.29 is 9.21 Å². The average molecular weight is 410 g/mol. The number of thiophene rings is 1. The highest BCUT2D eigenvalue weighted by atomic mass is 32.1. The lowest BCUT2D eigenvalue weighted by Crippen LogP contribution is -2.38. The normalized spacial score (nSPS) is 11.1. The molecule has 0 saturated carbocycles. The smallest absolute Gasteiger partial charge is 0.278 e. The lowest BCUT2D eigenvalue weighted by Gasteiger charge is -2.20. The monoisotopic (exact) mass is 410 g/mol. The first-order valence-electron chi connectivity index (χ1n) is 9.12. The van der Waals surface area contributed by atoms with Gasteiger partial charge in [0.05, 0.1) is 16.8 Å². The first-order valence-corrected chi connectivity index (χ1v) is 10.00. The van der Waals surface area contributed by atoms with Crippen molar-refractivity contribution in [1.29, 1.82) is 0 Å². The zero-order valence-corrected chi connectivity index (χ0v) is 16.5. The van der Waals surface area contributed by atoms with Gasteiger partial charge < -0.3 is 9.32 Å². The minimum atomic E-state index is -0.349. The molecule has 10 heteroatoms. The van der Waals surface area contributed by atoms with Gasteiger partial charge in [0, 0.05) is 6.54 Å². The van der Waals surface area contributed by atoms with Gasteiger partial charge in [-0.2, -0.15) is 0 Å². The Morgan fingerprint density at radius 1 is 1.17 bits per heavy atom. The topological polar surface area (TPSA) is 107 Å². The van der Waals surface area contributed by atoms with Gasteiger partial charge in [-0.05, 0) is 30.0 Å². The van der Waals surface area contributed by atoms with Crippen molar-refractivity contribution in [3.05, 3.63) is 58.0 Å². The molecule has 0 N–H and O–H groups in total. The van der Waals surface area contributed by atoms with E-state index in [2.05, 4.69) is 20.5 Å². The number of aromatic nitrogens is 5. The van der Waals surface area contributed by atoms with Crippen LogP contribution in [-0.2, 0) is 17.9 Å². The van der Waals surface area contributed by atoms with Crippen LogP contribution in [0.3, 0.4) is 0 Å². The zero-order chi connectivity index (χ0) is 20.2. The fourth-order valence-corrected chi connectivity index (χ4v) is 3.54. The molecular formula is C19H18N6O3S. The number of nitrogens with zero attached hydrogens (tertiary/aromatic N) is 6. The number of carbonyl (C=O) groups excluding carboxylic acids is 1. The molecule has 29 heavy (non-hydrogen) atoms. The van der Waals surface area contributed by atoms with Gasteiger partial charge in [0.15, 0.2) is 0 Å². The maximum absolute atomic E-state index is 12.8. The molecule has 0 atom stereocenters. The van der Waals surface area contributed by atoms with Gasteiger partial charge >= 0.3 is 0 Å². The summed E-state index contributed by atoms with van der Waals surface area (Å²) >= 11 is 1.50. The van der Waals surface area contributed by atoms with E-state index in [0.29, 0.717) is 29.2 Å². The van der Waals surface area contributed by atoms with Crippen LogP contribution < -0.4 is 5.56 Å². The molecule has 0 unspecified atom stereocenters. The molecule has 4 rings (SSSR count). The van der Waals surface area contributed by atoms with Gasteiger partial charge in [0.25, 0.3) is 11.4 Å². The molecule has 1 aromatic carbocycles. The predicted molar refractivity (Wildman–Crippen MR) is 107 cm³/mol. The van der Waals surface area contributed by atoms with Crippen molar-refractivity contribution in [2.75, 3.05) is 6.54 Å². The number of amides is 1. The van der Waals surface area contributed by atoms with Gasteiger partial charge in [0.1, 0.15) is 12.1 Å². The second-order valence-electron chi connectivity index (χ2n) is 6.36. The minimum Gasteiger partial charge on any atom is -0.418 e. The van der Waals surface area contributed by atoms with E-state index >= 15 is 0 Å². The molecule has 0 aliphatic rings. The van der Waals surface area contributed by atoms with Crippen LogP contribution in [0.15, 0.2) is 51.0 Å². The summed E-state index contributed by atoms with van der Waals surface area (Å²) in [6.45, 7) is 2.42. The Morgan fingerprint density at radius 2 is 2.03 bits per heavy atom. The summed E-state index contributed by atoms with van der Waals surface area (Å²) in [6, 6.07) is 10.7. The van der Waals surface area contributed by atoms with Crippen LogP contribution in [0.2, 0.25) is 0 Å². The quantitative estimate of drug-likeness (QED) is 0.460. The average Bonchev–Trinajstić information content (AvgIpc) is 3.42. The van der Waals surface area contributed by atoms with E-state index in [0.717, 1.165) is 16.0 Å². The van der Waals surface area contributed by atoms with E-state index in [-0.39, 0.29) is 24.6 Å². The molecule has 9 nitrogen and oxygen atoms in total. The Kier molecular flexibility index (Phi) is 5.43. The van der Waals surface area contributed by atoms with Crippen LogP contribution in [-0.4, -0.2) is 42.5 Å². The third kappa shape index (κ3) is 4.06. The second-order valence-corrected chi connectivity index (χ2v) is 7.31. The summed E-state index contributed by atoms with van der Waals surface area (Å²) < 4.78 is 6.77. The van der Waals surface area contributed by atoms with Crippen LogP contribution in [0.4, 0.5) is 0 Å². The summed E-state index contributed by atoms with van der Waals surface area (Å²) in [4.78, 5) is 27.9. The minimum absolute atomic E-state index is 0.167. The molecule has 0 aliphatic heterocycles. The van der Waals surface area contributed by atoms with Crippen molar-refractivity contribution in [1.82, 2.24) is 30.1 Å². The molecule has 0 fully saturated rings. The number of hydrogen-bond donors (Lipinski definition) is 0. The van der Waals surface area contributed by atoms with Crippen molar-refractivity contribution in [3.8, 4) is 10.8 Å². The predicted octanol–water partition coefficient (Wildman–Crippen LogP) is 2.34.